The van der Waals surface area contributed by atoms with Crippen molar-refractivity contribution in [1.29, 1.82) is 0 Å². The molecule has 0 saturated heterocycles. The standard InChI is InChI=1S/C12H20N2S/c1-5-13-8(2)10-7-15-11(14-10)9-6-12(9,3)4/h7-9,13H,5-6H2,1-4H3. The summed E-state index contributed by atoms with van der Waals surface area (Å²) in [7, 11) is 0. The maximum Gasteiger partial charge on any atom is 0.0965 e. The van der Waals surface area contributed by atoms with Gasteiger partial charge < -0.3 is 5.32 Å². The molecule has 0 radical (unpaired) electrons. The highest BCUT2D eigenvalue weighted by molar-refractivity contribution is 7.09. The molecule has 0 aliphatic heterocycles. The molecule has 3 heteroatoms. The van der Waals surface area contributed by atoms with Crippen LogP contribution in [0.4, 0.5) is 0 Å². The molecule has 1 aliphatic rings. The quantitative estimate of drug-likeness (QED) is 0.848. The second-order valence-electron chi connectivity index (χ2n) is 5.14. The summed E-state index contributed by atoms with van der Waals surface area (Å²) in [4.78, 5) is 4.74. The van der Waals surface area contributed by atoms with Gasteiger partial charge in [-0.05, 0) is 25.3 Å². The maximum atomic E-state index is 4.74. The molecule has 2 atom stereocenters. The molecule has 1 N–H and O–H groups in total. The third-order valence-corrected chi connectivity index (χ3v) is 4.28. The van der Waals surface area contributed by atoms with Gasteiger partial charge in [-0.2, -0.15) is 0 Å². The van der Waals surface area contributed by atoms with E-state index in [1.54, 1.807) is 0 Å². The molecular weight excluding hydrogens is 204 g/mol. The second kappa shape index (κ2) is 3.87. The smallest absolute Gasteiger partial charge is 0.0965 e. The highest BCUT2D eigenvalue weighted by Gasteiger charge is 2.48. The topological polar surface area (TPSA) is 24.9 Å². The van der Waals surface area contributed by atoms with E-state index in [-0.39, 0.29) is 0 Å². The van der Waals surface area contributed by atoms with Gasteiger partial charge in [-0.15, -0.1) is 11.3 Å². The van der Waals surface area contributed by atoms with Crippen LogP contribution in [0, 0.1) is 5.41 Å². The van der Waals surface area contributed by atoms with Crippen LogP contribution in [-0.2, 0) is 0 Å². The van der Waals surface area contributed by atoms with Crippen LogP contribution < -0.4 is 5.32 Å². The minimum atomic E-state index is 0.391. The van der Waals surface area contributed by atoms with Crippen molar-refractivity contribution in [2.45, 2.75) is 46.1 Å². The minimum absolute atomic E-state index is 0.391. The lowest BCUT2D eigenvalue weighted by molar-refractivity contribution is 0.580. The third kappa shape index (κ3) is 2.23. The maximum absolute atomic E-state index is 4.74. The van der Waals surface area contributed by atoms with Gasteiger partial charge >= 0.3 is 0 Å². The van der Waals surface area contributed by atoms with Crippen molar-refractivity contribution in [3.8, 4) is 0 Å². The number of hydrogen-bond acceptors (Lipinski definition) is 3. The highest BCUT2D eigenvalue weighted by atomic mass is 32.1. The Hall–Kier alpha value is -0.410. The van der Waals surface area contributed by atoms with Gasteiger partial charge in [0, 0.05) is 17.3 Å². The molecule has 2 unspecified atom stereocenters. The number of rotatable bonds is 4. The molecule has 15 heavy (non-hydrogen) atoms. The molecule has 1 aromatic rings. The molecule has 1 fully saturated rings. The van der Waals surface area contributed by atoms with Gasteiger partial charge in [0.1, 0.15) is 0 Å². The Morgan fingerprint density at radius 1 is 1.67 bits per heavy atom. The van der Waals surface area contributed by atoms with Crippen LogP contribution in [0.5, 0.6) is 0 Å². The number of thiazole rings is 1. The second-order valence-corrected chi connectivity index (χ2v) is 6.02. The Labute approximate surface area is 96.1 Å². The van der Waals surface area contributed by atoms with Crippen molar-refractivity contribution in [2.24, 2.45) is 5.41 Å². The first kappa shape index (κ1) is 11.1. The van der Waals surface area contributed by atoms with Crippen molar-refractivity contribution < 1.29 is 0 Å². The fraction of sp³-hybridized carbons (Fsp3) is 0.750. The van der Waals surface area contributed by atoms with Gasteiger partial charge in [-0.3, -0.25) is 0 Å². The molecule has 2 rings (SSSR count). The molecule has 1 heterocycles. The largest absolute Gasteiger partial charge is 0.309 e. The van der Waals surface area contributed by atoms with Gasteiger partial charge in [-0.1, -0.05) is 20.8 Å². The van der Waals surface area contributed by atoms with Crippen LogP contribution in [-0.4, -0.2) is 11.5 Å². The summed E-state index contributed by atoms with van der Waals surface area (Å²) in [6.45, 7) is 9.97. The van der Waals surface area contributed by atoms with Crippen molar-refractivity contribution in [2.75, 3.05) is 6.54 Å². The molecule has 1 aliphatic carbocycles. The van der Waals surface area contributed by atoms with Gasteiger partial charge in [0.2, 0.25) is 0 Å². The Kier molecular flexibility index (Phi) is 2.86. The lowest BCUT2D eigenvalue weighted by Crippen LogP contribution is -2.17. The Balaban J connectivity index is 2.05. The molecule has 0 spiro atoms. The summed E-state index contributed by atoms with van der Waals surface area (Å²) in [6.07, 6.45) is 1.30. The van der Waals surface area contributed by atoms with Crippen molar-refractivity contribution >= 4 is 11.3 Å². The predicted molar refractivity (Wildman–Crippen MR) is 65.3 cm³/mol. The third-order valence-electron chi connectivity index (χ3n) is 3.31. The normalized spacial score (nSPS) is 25.2. The van der Waals surface area contributed by atoms with Crippen LogP contribution in [0.25, 0.3) is 0 Å². The number of nitrogens with zero attached hydrogens (tertiary/aromatic N) is 1. The Bertz CT molecular complexity index is 343. The van der Waals surface area contributed by atoms with Crippen LogP contribution >= 0.6 is 11.3 Å². The minimum Gasteiger partial charge on any atom is -0.309 e. The van der Waals surface area contributed by atoms with E-state index >= 15 is 0 Å². The average molecular weight is 224 g/mol. The van der Waals surface area contributed by atoms with Crippen molar-refractivity contribution in [1.82, 2.24) is 10.3 Å². The van der Waals surface area contributed by atoms with E-state index in [1.807, 2.05) is 11.3 Å². The summed E-state index contributed by atoms with van der Waals surface area (Å²) < 4.78 is 0. The van der Waals surface area contributed by atoms with Gasteiger partial charge in [0.25, 0.3) is 0 Å². The van der Waals surface area contributed by atoms with Crippen molar-refractivity contribution in [3.63, 3.8) is 0 Å². The molecule has 0 bridgehead atoms. The molecule has 0 aromatic carbocycles. The lowest BCUT2D eigenvalue weighted by Gasteiger charge is -2.08. The first-order valence-corrected chi connectivity index (χ1v) is 6.61. The molecule has 84 valence electrons. The van der Waals surface area contributed by atoms with Crippen LogP contribution in [0.1, 0.15) is 56.8 Å². The van der Waals surface area contributed by atoms with Crippen LogP contribution in [0.3, 0.4) is 0 Å². The Morgan fingerprint density at radius 3 is 2.87 bits per heavy atom. The van der Waals surface area contributed by atoms with E-state index in [1.165, 1.54) is 17.1 Å². The average Bonchev–Trinajstić information content (AvgIpc) is 2.66. The first-order chi connectivity index (χ1) is 7.04. The van der Waals surface area contributed by atoms with Gasteiger partial charge in [-0.25, -0.2) is 4.98 Å². The van der Waals surface area contributed by atoms with E-state index in [0.717, 1.165) is 6.54 Å². The number of aromatic nitrogens is 1. The molecule has 1 aromatic heterocycles. The zero-order valence-electron chi connectivity index (χ0n) is 10.0. The van der Waals surface area contributed by atoms with Gasteiger partial charge in [0.15, 0.2) is 0 Å². The fourth-order valence-electron chi connectivity index (χ4n) is 1.96. The van der Waals surface area contributed by atoms with Crippen LogP contribution in [0.2, 0.25) is 0 Å². The van der Waals surface area contributed by atoms with E-state index < -0.39 is 0 Å². The summed E-state index contributed by atoms with van der Waals surface area (Å²) in [5.74, 6) is 0.713. The summed E-state index contributed by atoms with van der Waals surface area (Å²) in [5, 5.41) is 6.94. The number of hydrogen-bond donors (Lipinski definition) is 1. The first-order valence-electron chi connectivity index (χ1n) is 5.73. The highest BCUT2D eigenvalue weighted by Crippen LogP contribution is 2.59. The van der Waals surface area contributed by atoms with Gasteiger partial charge in [0.05, 0.1) is 10.7 Å². The summed E-state index contributed by atoms with van der Waals surface area (Å²) in [5.41, 5.74) is 1.70. The molecule has 0 amide bonds. The zero-order chi connectivity index (χ0) is 11.1. The van der Waals surface area contributed by atoms with E-state index in [2.05, 4.69) is 38.4 Å². The molecule has 1 saturated carbocycles. The summed E-state index contributed by atoms with van der Waals surface area (Å²) >= 11 is 1.83. The monoisotopic (exact) mass is 224 g/mol. The zero-order valence-corrected chi connectivity index (χ0v) is 10.8. The molecular formula is C12H20N2S. The van der Waals surface area contributed by atoms with Crippen LogP contribution in [0.15, 0.2) is 5.38 Å². The van der Waals surface area contributed by atoms with E-state index in [0.29, 0.717) is 17.4 Å². The predicted octanol–water partition coefficient (Wildman–Crippen LogP) is 3.33. The Morgan fingerprint density at radius 2 is 2.33 bits per heavy atom. The SMILES string of the molecule is CCNC(C)c1csc(C2CC2(C)C)n1. The summed E-state index contributed by atoms with van der Waals surface area (Å²) in [6, 6.07) is 0.391. The fourth-order valence-corrected chi connectivity index (χ4v) is 3.18. The molecule has 2 nitrogen and oxygen atoms in total. The number of nitrogens with one attached hydrogen (secondary N) is 1. The van der Waals surface area contributed by atoms with E-state index in [4.69, 9.17) is 4.98 Å². The van der Waals surface area contributed by atoms with Crippen molar-refractivity contribution in [3.05, 3.63) is 16.1 Å². The van der Waals surface area contributed by atoms with E-state index in [9.17, 15) is 0 Å². The lowest BCUT2D eigenvalue weighted by atomic mass is 10.1.